The number of epoxide rings is 1. The summed E-state index contributed by atoms with van der Waals surface area (Å²) >= 11 is 0. The van der Waals surface area contributed by atoms with Crippen LogP contribution in [0.2, 0.25) is 0 Å². The second kappa shape index (κ2) is 2.07. The highest BCUT2D eigenvalue weighted by Gasteiger charge is 2.43. The van der Waals surface area contributed by atoms with Gasteiger partial charge in [-0.2, -0.15) is 0 Å². The van der Waals surface area contributed by atoms with Crippen molar-refractivity contribution in [1.29, 1.82) is 0 Å². The molecule has 0 N–H and O–H groups in total. The van der Waals surface area contributed by atoms with E-state index in [-0.39, 0.29) is 0 Å². The van der Waals surface area contributed by atoms with Gasteiger partial charge in [0.2, 0.25) is 0 Å². The Bertz CT molecular complexity index is 118. The summed E-state index contributed by atoms with van der Waals surface area (Å²) < 4.78 is 10.7. The Balaban J connectivity index is 1.86. The summed E-state index contributed by atoms with van der Waals surface area (Å²) in [5.41, 5.74) is 0. The monoisotopic (exact) mass is 144 g/mol. The molecular formula is C6H12O2Si. The molecule has 3 unspecified atom stereocenters. The first-order chi connectivity index (χ1) is 4.40. The van der Waals surface area contributed by atoms with E-state index in [9.17, 15) is 0 Å². The van der Waals surface area contributed by atoms with Gasteiger partial charge in [-0.15, -0.1) is 0 Å². The van der Waals surface area contributed by atoms with Crippen LogP contribution in [0.4, 0.5) is 0 Å². The Morgan fingerprint density at radius 3 is 2.89 bits per heavy atom. The van der Waals surface area contributed by atoms with Crippen LogP contribution in [0.3, 0.4) is 0 Å². The molecule has 3 heteroatoms. The molecule has 0 spiro atoms. The Kier molecular flexibility index (Phi) is 1.36. The Morgan fingerprint density at radius 1 is 1.33 bits per heavy atom. The van der Waals surface area contributed by atoms with Crippen LogP contribution in [-0.4, -0.2) is 28.8 Å². The van der Waals surface area contributed by atoms with Gasteiger partial charge in [0.15, 0.2) is 0 Å². The van der Waals surface area contributed by atoms with Gasteiger partial charge in [0.05, 0.1) is 12.2 Å². The maximum atomic E-state index is 5.35. The molecule has 2 rings (SSSR count). The van der Waals surface area contributed by atoms with Crippen molar-refractivity contribution in [3.05, 3.63) is 0 Å². The zero-order chi connectivity index (χ0) is 6.27. The Labute approximate surface area is 58.1 Å². The van der Waals surface area contributed by atoms with E-state index in [2.05, 4.69) is 0 Å². The molecule has 1 saturated carbocycles. The lowest BCUT2D eigenvalue weighted by molar-refractivity contribution is 0.180. The number of hydrogen-bond acceptors (Lipinski definition) is 2. The molecule has 1 aliphatic carbocycles. The molecule has 2 fully saturated rings. The second-order valence-electron chi connectivity index (χ2n) is 2.88. The van der Waals surface area contributed by atoms with Gasteiger partial charge in [0, 0.05) is 12.5 Å². The predicted octanol–water partition coefficient (Wildman–Crippen LogP) is -0.397. The third-order valence-corrected chi connectivity index (χ3v) is 2.96. The molecule has 0 aromatic heterocycles. The summed E-state index contributed by atoms with van der Waals surface area (Å²) in [5, 5.41) is 0. The number of hydrogen-bond donors (Lipinski definition) is 0. The smallest absolute Gasteiger partial charge is 0.146 e. The summed E-state index contributed by atoms with van der Waals surface area (Å²) in [6, 6.07) is 0. The van der Waals surface area contributed by atoms with Crippen LogP contribution >= 0.6 is 0 Å². The first-order valence-corrected chi connectivity index (χ1v) is 4.40. The molecule has 0 aromatic carbocycles. The molecule has 1 heterocycles. The van der Waals surface area contributed by atoms with E-state index in [4.69, 9.17) is 9.16 Å². The van der Waals surface area contributed by atoms with E-state index in [1.54, 1.807) is 0 Å². The first kappa shape index (κ1) is 5.89. The standard InChI is InChI=1S/C6H12O2Si/c9-8-4-1-2-5-6(3-4)7-5/h4-6H,1-3H2,9H3. The third-order valence-electron chi connectivity index (χ3n) is 2.29. The van der Waals surface area contributed by atoms with E-state index in [0.717, 1.165) is 16.9 Å². The molecule has 0 aromatic rings. The van der Waals surface area contributed by atoms with Crippen molar-refractivity contribution in [3.63, 3.8) is 0 Å². The van der Waals surface area contributed by atoms with Crippen molar-refractivity contribution in [2.75, 3.05) is 0 Å². The lowest BCUT2D eigenvalue weighted by Gasteiger charge is -2.16. The zero-order valence-electron chi connectivity index (χ0n) is 5.67. The van der Waals surface area contributed by atoms with Crippen LogP contribution in [-0.2, 0) is 9.16 Å². The van der Waals surface area contributed by atoms with Gasteiger partial charge in [0.1, 0.15) is 10.5 Å². The van der Waals surface area contributed by atoms with Gasteiger partial charge in [-0.3, -0.25) is 0 Å². The van der Waals surface area contributed by atoms with Crippen LogP contribution in [0.5, 0.6) is 0 Å². The average Bonchev–Trinajstić information content (AvgIpc) is 2.64. The minimum absolute atomic E-state index is 0.542. The molecule has 52 valence electrons. The number of rotatable bonds is 1. The molecule has 0 amide bonds. The van der Waals surface area contributed by atoms with Gasteiger partial charge in [0.25, 0.3) is 0 Å². The molecular weight excluding hydrogens is 132 g/mol. The molecule has 1 aliphatic heterocycles. The maximum Gasteiger partial charge on any atom is 0.146 e. The summed E-state index contributed by atoms with van der Waals surface area (Å²) in [7, 11) is 0.884. The van der Waals surface area contributed by atoms with Gasteiger partial charge in [-0.1, -0.05) is 0 Å². The largest absolute Gasteiger partial charge is 0.425 e. The third kappa shape index (κ3) is 1.04. The highest BCUT2D eigenvalue weighted by atomic mass is 28.2. The fourth-order valence-corrected chi connectivity index (χ4v) is 2.01. The Morgan fingerprint density at radius 2 is 2.22 bits per heavy atom. The van der Waals surface area contributed by atoms with E-state index >= 15 is 0 Å². The van der Waals surface area contributed by atoms with Crippen molar-refractivity contribution in [2.45, 2.75) is 37.6 Å². The van der Waals surface area contributed by atoms with E-state index in [1.807, 2.05) is 0 Å². The van der Waals surface area contributed by atoms with E-state index in [0.29, 0.717) is 18.3 Å². The van der Waals surface area contributed by atoms with Crippen molar-refractivity contribution < 1.29 is 9.16 Å². The molecule has 1 saturated heterocycles. The summed E-state index contributed by atoms with van der Waals surface area (Å²) in [4.78, 5) is 0. The number of ether oxygens (including phenoxy) is 1. The van der Waals surface area contributed by atoms with Crippen LogP contribution in [0.15, 0.2) is 0 Å². The first-order valence-electron chi connectivity index (χ1n) is 3.58. The molecule has 3 atom stereocenters. The summed E-state index contributed by atoms with van der Waals surface area (Å²) in [5.74, 6) is 0. The van der Waals surface area contributed by atoms with Crippen molar-refractivity contribution >= 4 is 10.5 Å². The predicted molar refractivity (Wildman–Crippen MR) is 37.3 cm³/mol. The highest BCUT2D eigenvalue weighted by Crippen LogP contribution is 2.37. The minimum atomic E-state index is 0.542. The van der Waals surface area contributed by atoms with Gasteiger partial charge < -0.3 is 9.16 Å². The highest BCUT2D eigenvalue weighted by molar-refractivity contribution is 5.98. The van der Waals surface area contributed by atoms with Crippen molar-refractivity contribution in [2.24, 2.45) is 0 Å². The molecule has 2 nitrogen and oxygen atoms in total. The van der Waals surface area contributed by atoms with Gasteiger partial charge in [-0.05, 0) is 12.8 Å². The lowest BCUT2D eigenvalue weighted by Crippen LogP contribution is -2.20. The molecule has 0 bridgehead atoms. The average molecular weight is 144 g/mol. The van der Waals surface area contributed by atoms with Gasteiger partial charge in [-0.25, -0.2) is 0 Å². The fraction of sp³-hybridized carbons (Fsp3) is 1.00. The second-order valence-corrected chi connectivity index (χ2v) is 3.36. The summed E-state index contributed by atoms with van der Waals surface area (Å²) in [6.07, 6.45) is 5.37. The maximum absolute atomic E-state index is 5.35. The number of fused-ring (bicyclic) bond motifs is 1. The SMILES string of the molecule is [SiH3]OC1CCC2OC2C1. The van der Waals surface area contributed by atoms with Crippen LogP contribution in [0.25, 0.3) is 0 Å². The van der Waals surface area contributed by atoms with Crippen LogP contribution in [0.1, 0.15) is 19.3 Å². The summed E-state index contributed by atoms with van der Waals surface area (Å²) in [6.45, 7) is 0. The zero-order valence-corrected chi connectivity index (χ0v) is 7.67. The van der Waals surface area contributed by atoms with E-state index in [1.165, 1.54) is 12.8 Å². The topological polar surface area (TPSA) is 21.8 Å². The lowest BCUT2D eigenvalue weighted by atomic mass is 9.98. The van der Waals surface area contributed by atoms with Crippen molar-refractivity contribution in [1.82, 2.24) is 0 Å². The van der Waals surface area contributed by atoms with Crippen LogP contribution < -0.4 is 0 Å². The normalized spacial score (nSPS) is 48.7. The van der Waals surface area contributed by atoms with Gasteiger partial charge >= 0.3 is 0 Å². The Hall–Kier alpha value is 0.137. The molecule has 9 heavy (non-hydrogen) atoms. The van der Waals surface area contributed by atoms with Crippen molar-refractivity contribution in [3.8, 4) is 0 Å². The molecule has 0 radical (unpaired) electrons. The molecule has 2 aliphatic rings. The quantitative estimate of drug-likeness (QED) is 0.369. The van der Waals surface area contributed by atoms with Crippen LogP contribution in [0, 0.1) is 0 Å². The minimum Gasteiger partial charge on any atom is -0.425 e. The van der Waals surface area contributed by atoms with E-state index < -0.39 is 0 Å². The fourth-order valence-electron chi connectivity index (χ4n) is 1.58.